The number of nitrogens with zero attached hydrogens (tertiary/aromatic N) is 2. The third-order valence-corrected chi connectivity index (χ3v) is 2.80. The van der Waals surface area contributed by atoms with E-state index < -0.39 is 5.97 Å². The molecule has 0 radical (unpaired) electrons. The lowest BCUT2D eigenvalue weighted by molar-refractivity contribution is -0.138. The van der Waals surface area contributed by atoms with Crippen LogP contribution in [0, 0.1) is 0 Å². The Kier molecular flexibility index (Phi) is 5.31. The number of hydrogen-bond donors (Lipinski definition) is 0. The summed E-state index contributed by atoms with van der Waals surface area (Å²) >= 11 is 11.9. The standard InChI is InChI=1S/C12H12Cl2N2O2/c1-4-18-12(17)7(2)10(14)11-8(15-3)5-6-9(13)16-11/h5-6H,3-4H2,1-2H3/b10-7-. The van der Waals surface area contributed by atoms with Gasteiger partial charge in [-0.05, 0) is 32.7 Å². The second kappa shape index (κ2) is 6.52. The van der Waals surface area contributed by atoms with Gasteiger partial charge in [0.1, 0.15) is 10.8 Å². The quantitative estimate of drug-likeness (QED) is 0.368. The Hall–Kier alpha value is -1.39. The molecule has 0 aliphatic heterocycles. The Morgan fingerprint density at radius 3 is 2.78 bits per heavy atom. The van der Waals surface area contributed by atoms with Gasteiger partial charge in [0.05, 0.1) is 22.9 Å². The van der Waals surface area contributed by atoms with Crippen molar-refractivity contribution in [3.8, 4) is 0 Å². The molecule has 0 bridgehead atoms. The summed E-state index contributed by atoms with van der Waals surface area (Å²) in [6.07, 6.45) is 0. The first-order chi connectivity index (χ1) is 8.51. The average Bonchev–Trinajstić information content (AvgIpc) is 2.37. The molecule has 6 heteroatoms. The van der Waals surface area contributed by atoms with Gasteiger partial charge >= 0.3 is 5.97 Å². The molecule has 0 atom stereocenters. The molecule has 1 aromatic rings. The zero-order valence-electron chi connectivity index (χ0n) is 10.0. The second-order valence-electron chi connectivity index (χ2n) is 3.32. The molecule has 0 saturated heterocycles. The zero-order valence-corrected chi connectivity index (χ0v) is 11.5. The Bertz CT molecular complexity index is 513. The van der Waals surface area contributed by atoms with Crippen LogP contribution in [0.4, 0.5) is 5.69 Å². The SMILES string of the molecule is C=Nc1ccc(Cl)nc1/C(Cl)=C(\C)C(=O)OCC. The van der Waals surface area contributed by atoms with Crippen molar-refractivity contribution in [2.75, 3.05) is 6.61 Å². The predicted octanol–water partition coefficient (Wildman–Crippen LogP) is 3.60. The molecule has 1 heterocycles. The molecule has 0 saturated carbocycles. The molecular formula is C12H12Cl2N2O2. The Morgan fingerprint density at radius 1 is 1.56 bits per heavy atom. The Morgan fingerprint density at radius 2 is 2.22 bits per heavy atom. The van der Waals surface area contributed by atoms with Crippen molar-refractivity contribution in [1.82, 2.24) is 4.98 Å². The van der Waals surface area contributed by atoms with Crippen LogP contribution >= 0.6 is 23.2 Å². The number of hydrogen-bond acceptors (Lipinski definition) is 4. The molecule has 0 amide bonds. The average molecular weight is 287 g/mol. The maximum absolute atomic E-state index is 11.6. The van der Waals surface area contributed by atoms with Gasteiger partial charge in [0.25, 0.3) is 0 Å². The van der Waals surface area contributed by atoms with Crippen molar-refractivity contribution in [3.05, 3.63) is 28.6 Å². The largest absolute Gasteiger partial charge is 0.463 e. The lowest BCUT2D eigenvalue weighted by Crippen LogP contribution is -2.06. The molecule has 96 valence electrons. The summed E-state index contributed by atoms with van der Waals surface area (Å²) in [6.45, 7) is 6.95. The molecule has 1 rings (SSSR count). The van der Waals surface area contributed by atoms with Gasteiger partial charge in [-0.25, -0.2) is 9.78 Å². The predicted molar refractivity (Wildman–Crippen MR) is 73.5 cm³/mol. The van der Waals surface area contributed by atoms with E-state index in [9.17, 15) is 4.79 Å². The van der Waals surface area contributed by atoms with Gasteiger partial charge in [0.2, 0.25) is 0 Å². The van der Waals surface area contributed by atoms with Crippen molar-refractivity contribution in [2.45, 2.75) is 13.8 Å². The van der Waals surface area contributed by atoms with E-state index in [1.807, 2.05) is 0 Å². The summed E-state index contributed by atoms with van der Waals surface area (Å²) in [5, 5.41) is 0.408. The number of carbonyl (C=O) groups is 1. The van der Waals surface area contributed by atoms with Crippen LogP contribution in [0.1, 0.15) is 19.5 Å². The van der Waals surface area contributed by atoms with Crippen LogP contribution in [0.5, 0.6) is 0 Å². The minimum atomic E-state index is -0.501. The molecular weight excluding hydrogens is 275 g/mol. The van der Waals surface area contributed by atoms with Crippen molar-refractivity contribution in [2.24, 2.45) is 4.99 Å². The summed E-state index contributed by atoms with van der Waals surface area (Å²) in [4.78, 5) is 19.4. The highest BCUT2D eigenvalue weighted by molar-refractivity contribution is 6.51. The minimum absolute atomic E-state index is 0.151. The number of aliphatic imine (C=N–C) groups is 1. The van der Waals surface area contributed by atoms with Gasteiger partial charge in [-0.1, -0.05) is 23.2 Å². The number of esters is 1. The zero-order chi connectivity index (χ0) is 13.7. The van der Waals surface area contributed by atoms with E-state index >= 15 is 0 Å². The lowest BCUT2D eigenvalue weighted by Gasteiger charge is -2.07. The van der Waals surface area contributed by atoms with Crippen LogP contribution in [0.3, 0.4) is 0 Å². The lowest BCUT2D eigenvalue weighted by atomic mass is 10.2. The molecule has 0 fully saturated rings. The van der Waals surface area contributed by atoms with Crippen molar-refractivity contribution in [1.29, 1.82) is 0 Å². The number of rotatable bonds is 4. The number of halogens is 2. The van der Waals surface area contributed by atoms with Crippen LogP contribution in [0.15, 0.2) is 22.7 Å². The molecule has 0 spiro atoms. The molecule has 0 aliphatic carbocycles. The van der Waals surface area contributed by atoms with Gasteiger partial charge in [0, 0.05) is 0 Å². The highest BCUT2D eigenvalue weighted by atomic mass is 35.5. The summed E-state index contributed by atoms with van der Waals surface area (Å²) in [5.41, 5.74) is 1.01. The monoisotopic (exact) mass is 286 g/mol. The van der Waals surface area contributed by atoms with Gasteiger partial charge in [-0.15, -0.1) is 0 Å². The van der Waals surface area contributed by atoms with Crippen LogP contribution in [-0.4, -0.2) is 24.3 Å². The number of pyridine rings is 1. The third kappa shape index (κ3) is 3.31. The molecule has 18 heavy (non-hydrogen) atoms. The maximum atomic E-state index is 11.6. The molecule has 0 aliphatic rings. The summed E-state index contributed by atoms with van der Waals surface area (Å²) in [6, 6.07) is 3.19. The summed E-state index contributed by atoms with van der Waals surface area (Å²) in [5.74, 6) is -0.501. The smallest absolute Gasteiger partial charge is 0.335 e. The highest BCUT2D eigenvalue weighted by Gasteiger charge is 2.16. The van der Waals surface area contributed by atoms with E-state index in [1.54, 1.807) is 26.0 Å². The van der Waals surface area contributed by atoms with E-state index in [2.05, 4.69) is 16.7 Å². The van der Waals surface area contributed by atoms with Crippen LogP contribution in [0.25, 0.3) is 5.03 Å². The highest BCUT2D eigenvalue weighted by Crippen LogP contribution is 2.31. The van der Waals surface area contributed by atoms with E-state index in [-0.39, 0.29) is 22.4 Å². The first kappa shape index (κ1) is 14.7. The van der Waals surface area contributed by atoms with Crippen molar-refractivity contribution >= 4 is 46.6 Å². The minimum Gasteiger partial charge on any atom is -0.463 e. The van der Waals surface area contributed by atoms with E-state index in [0.717, 1.165) is 0 Å². The Balaban J connectivity index is 3.28. The third-order valence-electron chi connectivity index (χ3n) is 2.13. The molecule has 0 N–H and O–H groups in total. The maximum Gasteiger partial charge on any atom is 0.335 e. The van der Waals surface area contributed by atoms with Gasteiger partial charge in [0.15, 0.2) is 0 Å². The van der Waals surface area contributed by atoms with Crippen LogP contribution in [-0.2, 0) is 9.53 Å². The molecule has 0 aromatic carbocycles. The fraction of sp³-hybridized carbons (Fsp3) is 0.250. The summed E-state index contributed by atoms with van der Waals surface area (Å²) in [7, 11) is 0. The fourth-order valence-electron chi connectivity index (χ4n) is 1.22. The van der Waals surface area contributed by atoms with Crippen LogP contribution < -0.4 is 0 Å². The second-order valence-corrected chi connectivity index (χ2v) is 4.08. The van der Waals surface area contributed by atoms with E-state index in [4.69, 9.17) is 27.9 Å². The topological polar surface area (TPSA) is 51.5 Å². The number of aromatic nitrogens is 1. The first-order valence-electron chi connectivity index (χ1n) is 5.18. The number of ether oxygens (including phenoxy) is 1. The number of carbonyl (C=O) groups excluding carboxylic acids is 1. The van der Waals surface area contributed by atoms with Gasteiger partial charge in [-0.2, -0.15) is 0 Å². The molecule has 0 unspecified atom stereocenters. The fourth-order valence-corrected chi connectivity index (χ4v) is 1.59. The van der Waals surface area contributed by atoms with Gasteiger partial charge < -0.3 is 4.74 Å². The Labute approximate surface area is 115 Å². The van der Waals surface area contributed by atoms with E-state index in [1.165, 1.54) is 0 Å². The molecule has 1 aromatic heterocycles. The summed E-state index contributed by atoms with van der Waals surface area (Å²) < 4.78 is 4.86. The van der Waals surface area contributed by atoms with Crippen LogP contribution in [0.2, 0.25) is 5.15 Å². The van der Waals surface area contributed by atoms with E-state index in [0.29, 0.717) is 11.4 Å². The first-order valence-corrected chi connectivity index (χ1v) is 5.94. The normalized spacial score (nSPS) is 11.8. The van der Waals surface area contributed by atoms with Gasteiger partial charge in [-0.3, -0.25) is 4.99 Å². The molecule has 4 nitrogen and oxygen atoms in total. The van der Waals surface area contributed by atoms with Crippen molar-refractivity contribution < 1.29 is 9.53 Å². The van der Waals surface area contributed by atoms with Crippen molar-refractivity contribution in [3.63, 3.8) is 0 Å².